The Morgan fingerprint density at radius 2 is 2.38 bits per heavy atom. The second kappa shape index (κ2) is 5.12. The van der Waals surface area contributed by atoms with Gasteiger partial charge in [-0.2, -0.15) is 0 Å². The fraction of sp³-hybridized carbons (Fsp3) is 0.636. The summed E-state index contributed by atoms with van der Waals surface area (Å²) in [7, 11) is 2.17. The van der Waals surface area contributed by atoms with E-state index in [0.717, 1.165) is 6.42 Å². The molecule has 1 aromatic heterocycles. The van der Waals surface area contributed by atoms with Gasteiger partial charge in [0.25, 0.3) is 0 Å². The molecule has 88 valence electrons. The Bertz CT molecular complexity index is 327. The molecule has 0 spiro atoms. The topological polar surface area (TPSA) is 64.3 Å². The minimum atomic E-state index is 0.419. The molecule has 2 rings (SSSR count). The predicted molar refractivity (Wildman–Crippen MR) is 62.2 cm³/mol. The van der Waals surface area contributed by atoms with Crippen LogP contribution in [0.5, 0.6) is 5.88 Å². The number of anilines is 1. The van der Waals surface area contributed by atoms with Crippen LogP contribution in [0.3, 0.4) is 0 Å². The van der Waals surface area contributed by atoms with E-state index in [0.29, 0.717) is 24.3 Å². The van der Waals surface area contributed by atoms with Crippen molar-refractivity contribution in [2.45, 2.75) is 25.3 Å². The highest BCUT2D eigenvalue weighted by Crippen LogP contribution is 2.18. The lowest BCUT2D eigenvalue weighted by atomic mass is 10.1. The lowest BCUT2D eigenvalue weighted by Crippen LogP contribution is -2.26. The van der Waals surface area contributed by atoms with Crippen LogP contribution in [0.25, 0.3) is 0 Å². The first kappa shape index (κ1) is 11.1. The van der Waals surface area contributed by atoms with Gasteiger partial charge in [-0.15, -0.1) is 0 Å². The van der Waals surface area contributed by atoms with Gasteiger partial charge in [0.15, 0.2) is 0 Å². The van der Waals surface area contributed by atoms with Crippen molar-refractivity contribution in [3.63, 3.8) is 0 Å². The summed E-state index contributed by atoms with van der Waals surface area (Å²) in [6, 6.07) is 0.654. The zero-order valence-electron chi connectivity index (χ0n) is 9.59. The van der Waals surface area contributed by atoms with Crippen LogP contribution in [0, 0.1) is 0 Å². The van der Waals surface area contributed by atoms with Crippen LogP contribution in [0.15, 0.2) is 12.4 Å². The fourth-order valence-corrected chi connectivity index (χ4v) is 2.04. The number of ether oxygens (including phenoxy) is 1. The molecule has 5 heteroatoms. The minimum absolute atomic E-state index is 0.419. The Morgan fingerprint density at radius 3 is 3.00 bits per heavy atom. The predicted octanol–water partition coefficient (Wildman–Crippen LogP) is 0.922. The monoisotopic (exact) mass is 222 g/mol. The van der Waals surface area contributed by atoms with Crippen molar-refractivity contribution in [1.82, 2.24) is 14.9 Å². The second-order valence-electron chi connectivity index (χ2n) is 4.19. The van der Waals surface area contributed by atoms with E-state index < -0.39 is 0 Å². The van der Waals surface area contributed by atoms with Crippen LogP contribution in [-0.2, 0) is 0 Å². The van der Waals surface area contributed by atoms with Crippen LogP contribution >= 0.6 is 0 Å². The van der Waals surface area contributed by atoms with Gasteiger partial charge in [-0.1, -0.05) is 0 Å². The van der Waals surface area contributed by atoms with Gasteiger partial charge in [-0.05, 0) is 32.9 Å². The Kier molecular flexibility index (Phi) is 3.56. The van der Waals surface area contributed by atoms with Gasteiger partial charge >= 0.3 is 0 Å². The Labute approximate surface area is 95.6 Å². The number of rotatable bonds is 4. The van der Waals surface area contributed by atoms with Gasteiger partial charge in [0, 0.05) is 6.04 Å². The van der Waals surface area contributed by atoms with Crippen LogP contribution in [-0.4, -0.2) is 41.1 Å². The molecule has 2 heterocycles. The molecule has 0 bridgehead atoms. The van der Waals surface area contributed by atoms with E-state index in [1.165, 1.54) is 25.6 Å². The van der Waals surface area contributed by atoms with Gasteiger partial charge in [-0.25, -0.2) is 9.97 Å². The summed E-state index contributed by atoms with van der Waals surface area (Å²) in [6.07, 6.45) is 6.68. The molecule has 0 aromatic carbocycles. The maximum absolute atomic E-state index is 5.52. The Balaban J connectivity index is 1.73. The van der Waals surface area contributed by atoms with Crippen molar-refractivity contribution in [3.8, 4) is 5.88 Å². The Morgan fingerprint density at radius 1 is 1.50 bits per heavy atom. The zero-order chi connectivity index (χ0) is 11.4. The van der Waals surface area contributed by atoms with Crippen LogP contribution < -0.4 is 10.5 Å². The number of nitrogens with two attached hydrogens (primary N) is 1. The van der Waals surface area contributed by atoms with Crippen LogP contribution in [0.4, 0.5) is 5.82 Å². The molecule has 1 aromatic rings. The largest absolute Gasteiger partial charge is 0.477 e. The van der Waals surface area contributed by atoms with Crippen molar-refractivity contribution in [3.05, 3.63) is 12.4 Å². The SMILES string of the molecule is CN1CCCC1CCOc1cnc(N)cn1. The number of nitrogens with zero attached hydrogens (tertiary/aromatic N) is 3. The van der Waals surface area contributed by atoms with Crippen molar-refractivity contribution in [1.29, 1.82) is 0 Å². The third kappa shape index (κ3) is 2.82. The third-order valence-electron chi connectivity index (χ3n) is 3.02. The summed E-state index contributed by atoms with van der Waals surface area (Å²) in [6.45, 7) is 1.89. The highest BCUT2D eigenvalue weighted by molar-refractivity contribution is 5.24. The Hall–Kier alpha value is -1.36. The molecule has 1 unspecified atom stereocenters. The summed E-state index contributed by atoms with van der Waals surface area (Å²) in [5, 5.41) is 0. The molecule has 1 fully saturated rings. The van der Waals surface area contributed by atoms with Crippen molar-refractivity contribution in [2.75, 3.05) is 25.9 Å². The van der Waals surface area contributed by atoms with Crippen LogP contribution in [0.2, 0.25) is 0 Å². The average molecular weight is 222 g/mol. The second-order valence-corrected chi connectivity index (χ2v) is 4.19. The third-order valence-corrected chi connectivity index (χ3v) is 3.02. The van der Waals surface area contributed by atoms with Crippen molar-refractivity contribution in [2.24, 2.45) is 0 Å². The van der Waals surface area contributed by atoms with Crippen molar-refractivity contribution < 1.29 is 4.74 Å². The smallest absolute Gasteiger partial charge is 0.232 e. The molecule has 16 heavy (non-hydrogen) atoms. The number of hydrogen-bond donors (Lipinski definition) is 1. The average Bonchev–Trinajstić information content (AvgIpc) is 2.68. The summed E-state index contributed by atoms with van der Waals surface area (Å²) in [5.41, 5.74) is 5.44. The van der Waals surface area contributed by atoms with Gasteiger partial charge < -0.3 is 15.4 Å². The molecule has 0 amide bonds. The number of hydrogen-bond acceptors (Lipinski definition) is 5. The molecule has 1 aliphatic rings. The molecule has 2 N–H and O–H groups in total. The number of nitrogen functional groups attached to an aromatic ring is 1. The van der Waals surface area contributed by atoms with Gasteiger partial charge in [0.1, 0.15) is 5.82 Å². The summed E-state index contributed by atoms with van der Waals surface area (Å²) >= 11 is 0. The highest BCUT2D eigenvalue weighted by atomic mass is 16.5. The quantitative estimate of drug-likeness (QED) is 0.820. The molecular weight excluding hydrogens is 204 g/mol. The standard InChI is InChI=1S/C11H18N4O/c1-15-5-2-3-9(15)4-6-16-11-8-13-10(12)7-14-11/h7-9H,2-6H2,1H3,(H2,12,13). The maximum Gasteiger partial charge on any atom is 0.232 e. The highest BCUT2D eigenvalue weighted by Gasteiger charge is 2.20. The lowest BCUT2D eigenvalue weighted by Gasteiger charge is -2.18. The summed E-state index contributed by atoms with van der Waals surface area (Å²) in [5.74, 6) is 0.970. The van der Waals surface area contributed by atoms with Gasteiger partial charge in [0.05, 0.1) is 19.0 Å². The molecule has 5 nitrogen and oxygen atoms in total. The molecule has 1 atom stereocenters. The van der Waals surface area contributed by atoms with Crippen molar-refractivity contribution >= 4 is 5.82 Å². The number of aromatic nitrogens is 2. The molecule has 0 radical (unpaired) electrons. The molecule has 0 aliphatic carbocycles. The molecule has 0 saturated carbocycles. The van der Waals surface area contributed by atoms with Gasteiger partial charge in [0.2, 0.25) is 5.88 Å². The van der Waals surface area contributed by atoms with E-state index in [-0.39, 0.29) is 0 Å². The first-order valence-electron chi connectivity index (χ1n) is 5.66. The molecule has 1 saturated heterocycles. The summed E-state index contributed by atoms with van der Waals surface area (Å²) in [4.78, 5) is 10.3. The fourth-order valence-electron chi connectivity index (χ4n) is 2.04. The van der Waals surface area contributed by atoms with Crippen LogP contribution in [0.1, 0.15) is 19.3 Å². The zero-order valence-corrected chi connectivity index (χ0v) is 9.59. The first-order chi connectivity index (χ1) is 7.75. The maximum atomic E-state index is 5.52. The van der Waals surface area contributed by atoms with E-state index in [4.69, 9.17) is 10.5 Å². The van der Waals surface area contributed by atoms with E-state index in [1.54, 1.807) is 6.20 Å². The van der Waals surface area contributed by atoms with E-state index in [2.05, 4.69) is 21.9 Å². The van der Waals surface area contributed by atoms with E-state index in [9.17, 15) is 0 Å². The first-order valence-corrected chi connectivity index (χ1v) is 5.66. The normalized spacial score (nSPS) is 21.2. The van der Waals surface area contributed by atoms with E-state index in [1.807, 2.05) is 0 Å². The number of likely N-dealkylation sites (tertiary alicyclic amines) is 1. The van der Waals surface area contributed by atoms with E-state index >= 15 is 0 Å². The van der Waals surface area contributed by atoms with Gasteiger partial charge in [-0.3, -0.25) is 0 Å². The lowest BCUT2D eigenvalue weighted by molar-refractivity contribution is 0.228. The molecule has 1 aliphatic heterocycles. The summed E-state index contributed by atoms with van der Waals surface area (Å²) < 4.78 is 5.52. The minimum Gasteiger partial charge on any atom is -0.477 e. The molecular formula is C11H18N4O.